The summed E-state index contributed by atoms with van der Waals surface area (Å²) in [6, 6.07) is 4.17. The van der Waals surface area contributed by atoms with Gasteiger partial charge in [0.1, 0.15) is 17.7 Å². The zero-order chi connectivity index (χ0) is 34.6. The molecule has 4 N–H and O–H groups in total. The number of carbonyl (C=O) groups excluding carboxylic acids is 5. The monoisotopic (exact) mass is 681 g/mol. The maximum atomic E-state index is 14.5. The van der Waals surface area contributed by atoms with Crippen molar-refractivity contribution < 1.29 is 28.8 Å². The molecular weight excluding hydrogens is 634 g/mol. The highest BCUT2D eigenvalue weighted by Gasteiger charge is 2.54. The van der Waals surface area contributed by atoms with E-state index in [4.69, 9.17) is 16.4 Å². The van der Waals surface area contributed by atoms with Gasteiger partial charge in [0.2, 0.25) is 23.5 Å². The highest BCUT2D eigenvalue weighted by Crippen LogP contribution is 2.39. The minimum absolute atomic E-state index is 0.00646. The van der Waals surface area contributed by atoms with Gasteiger partial charge in [0, 0.05) is 29.1 Å². The number of benzene rings is 1. The SMILES string of the molecule is CCC[C@H](NC(=O)[C@@H]1C[C@]2(C=C(c3cccc(Cl)c3)NO2)CN1C(=O)[C@@H](NC(=O)C=C1CCCCC1)C(C)(C)C)C(=O)C(=O)NC1CC1. The molecule has 2 saturated carbocycles. The third-order valence-corrected chi connectivity index (χ3v) is 9.66. The topological polar surface area (TPSA) is 146 Å². The van der Waals surface area contributed by atoms with Crippen LogP contribution in [0.4, 0.5) is 0 Å². The second kappa shape index (κ2) is 14.8. The van der Waals surface area contributed by atoms with Crippen molar-refractivity contribution in [3.05, 3.63) is 52.6 Å². The molecule has 1 spiro atoms. The van der Waals surface area contributed by atoms with E-state index in [1.165, 1.54) is 4.90 Å². The lowest BCUT2D eigenvalue weighted by atomic mass is 9.85. The van der Waals surface area contributed by atoms with Crippen molar-refractivity contribution in [2.24, 2.45) is 5.41 Å². The van der Waals surface area contributed by atoms with E-state index in [1.807, 2.05) is 45.9 Å². The first-order valence-corrected chi connectivity index (χ1v) is 17.5. The lowest BCUT2D eigenvalue weighted by Crippen LogP contribution is -2.59. The van der Waals surface area contributed by atoms with Crippen LogP contribution in [0.15, 0.2) is 42.0 Å². The summed E-state index contributed by atoms with van der Waals surface area (Å²) in [5, 5.41) is 8.99. The molecule has 2 aliphatic heterocycles. The predicted octanol–water partition coefficient (Wildman–Crippen LogP) is 4.11. The molecule has 1 saturated heterocycles. The average molecular weight is 682 g/mol. The fraction of sp³-hybridized carbons (Fsp3) is 0.583. The van der Waals surface area contributed by atoms with E-state index in [2.05, 4.69) is 21.4 Å². The molecule has 0 bridgehead atoms. The molecule has 2 aliphatic carbocycles. The highest BCUT2D eigenvalue weighted by atomic mass is 35.5. The quantitative estimate of drug-likeness (QED) is 0.203. The zero-order valence-corrected chi connectivity index (χ0v) is 29.1. The lowest BCUT2D eigenvalue weighted by Gasteiger charge is -2.35. The third kappa shape index (κ3) is 8.66. The normalized spacial score (nSPS) is 23.5. The van der Waals surface area contributed by atoms with Crippen molar-refractivity contribution in [3.63, 3.8) is 0 Å². The zero-order valence-electron chi connectivity index (χ0n) is 28.3. The number of rotatable bonds is 11. The van der Waals surface area contributed by atoms with Crippen molar-refractivity contribution in [2.75, 3.05) is 6.54 Å². The average Bonchev–Trinajstić information content (AvgIpc) is 3.63. The fourth-order valence-corrected chi connectivity index (χ4v) is 6.81. The standard InChI is InChI=1S/C36H48ClN5O6/c1-5-10-26(30(44)33(46)38-25-15-16-25)39-32(45)28-20-36(19-27(41-48-36)23-13-9-14-24(37)18-23)21-42(28)34(47)31(35(2,3)4)40-29(43)17-22-11-7-6-8-12-22/h9,13-14,17-19,25-26,28,31,41H,5-8,10-12,15-16,20-21H2,1-4H3,(H,38,46)(H,39,45)(H,40,43)/t26-,28-,31+,36+/m0/s1. The second-order valence-electron chi connectivity index (χ2n) is 14.7. The van der Waals surface area contributed by atoms with Gasteiger partial charge in [-0.05, 0) is 68.6 Å². The molecule has 3 fully saturated rings. The number of amides is 4. The van der Waals surface area contributed by atoms with Gasteiger partial charge in [0.15, 0.2) is 0 Å². The van der Waals surface area contributed by atoms with Crippen LogP contribution in [0.3, 0.4) is 0 Å². The molecule has 2 heterocycles. The largest absolute Gasteiger partial charge is 0.347 e. The summed E-state index contributed by atoms with van der Waals surface area (Å²) in [6.45, 7) is 7.47. The number of hydroxylamine groups is 1. The number of hydrogen-bond acceptors (Lipinski definition) is 7. The first kappa shape index (κ1) is 35.6. The Hall–Kier alpha value is -3.70. The van der Waals surface area contributed by atoms with Gasteiger partial charge in [-0.2, -0.15) is 0 Å². The molecule has 5 rings (SSSR count). The third-order valence-electron chi connectivity index (χ3n) is 9.42. The maximum absolute atomic E-state index is 14.5. The van der Waals surface area contributed by atoms with Gasteiger partial charge in [-0.3, -0.25) is 34.3 Å². The molecule has 1 aromatic carbocycles. The van der Waals surface area contributed by atoms with Crippen molar-refractivity contribution in [2.45, 2.75) is 122 Å². The molecule has 0 aromatic heterocycles. The first-order chi connectivity index (χ1) is 22.8. The molecular formula is C36H48ClN5O6. The Morgan fingerprint density at radius 2 is 1.83 bits per heavy atom. The molecule has 4 atom stereocenters. The number of likely N-dealkylation sites (tertiary alicyclic amines) is 1. The number of halogens is 1. The molecule has 12 heteroatoms. The summed E-state index contributed by atoms with van der Waals surface area (Å²) in [4.78, 5) is 75.2. The number of nitrogens with one attached hydrogen (secondary N) is 4. The van der Waals surface area contributed by atoms with Crippen molar-refractivity contribution >= 4 is 46.7 Å². The number of nitrogens with zero attached hydrogens (tertiary/aromatic N) is 1. The van der Waals surface area contributed by atoms with E-state index in [-0.39, 0.29) is 31.3 Å². The van der Waals surface area contributed by atoms with Crippen LogP contribution in [0.1, 0.15) is 97.5 Å². The van der Waals surface area contributed by atoms with Crippen LogP contribution in [0.25, 0.3) is 5.70 Å². The van der Waals surface area contributed by atoms with Gasteiger partial charge in [0.05, 0.1) is 18.3 Å². The lowest BCUT2D eigenvalue weighted by molar-refractivity contribution is -0.145. The summed E-state index contributed by atoms with van der Waals surface area (Å²) in [5.41, 5.74) is 3.65. The number of hydrogen-bond donors (Lipinski definition) is 4. The highest BCUT2D eigenvalue weighted by molar-refractivity contribution is 6.38. The summed E-state index contributed by atoms with van der Waals surface area (Å²) in [7, 11) is 0. The Morgan fingerprint density at radius 1 is 1.10 bits per heavy atom. The number of ketones is 1. The van der Waals surface area contributed by atoms with Gasteiger partial charge in [-0.15, -0.1) is 0 Å². The van der Waals surface area contributed by atoms with Crippen LogP contribution in [-0.2, 0) is 28.8 Å². The molecule has 4 aliphatic rings. The van der Waals surface area contributed by atoms with E-state index >= 15 is 0 Å². The smallest absolute Gasteiger partial charge is 0.289 e. The summed E-state index contributed by atoms with van der Waals surface area (Å²) in [5.74, 6) is -2.77. The summed E-state index contributed by atoms with van der Waals surface area (Å²) >= 11 is 6.24. The van der Waals surface area contributed by atoms with E-state index in [9.17, 15) is 24.0 Å². The van der Waals surface area contributed by atoms with Crippen molar-refractivity contribution in [1.82, 2.24) is 26.3 Å². The van der Waals surface area contributed by atoms with Crippen LogP contribution in [0.5, 0.6) is 0 Å². The first-order valence-electron chi connectivity index (χ1n) is 17.2. The Kier molecular flexibility index (Phi) is 11.0. The van der Waals surface area contributed by atoms with Gasteiger partial charge < -0.3 is 20.9 Å². The van der Waals surface area contributed by atoms with Crippen LogP contribution in [0, 0.1) is 5.41 Å². The minimum atomic E-state index is -1.08. The Morgan fingerprint density at radius 3 is 2.48 bits per heavy atom. The molecule has 0 unspecified atom stereocenters. The molecule has 11 nitrogen and oxygen atoms in total. The predicted molar refractivity (Wildman–Crippen MR) is 182 cm³/mol. The van der Waals surface area contributed by atoms with E-state index in [0.717, 1.165) is 56.1 Å². The number of Topliss-reactive ketones (excluding diaryl/α,β-unsaturated/α-hetero) is 1. The summed E-state index contributed by atoms with van der Waals surface area (Å²) < 4.78 is 0. The summed E-state index contributed by atoms with van der Waals surface area (Å²) in [6.07, 6.45) is 10.9. The fourth-order valence-electron chi connectivity index (χ4n) is 6.62. The van der Waals surface area contributed by atoms with E-state index in [1.54, 1.807) is 18.2 Å². The Balaban J connectivity index is 1.42. The maximum Gasteiger partial charge on any atom is 0.289 e. The van der Waals surface area contributed by atoms with Crippen molar-refractivity contribution in [1.29, 1.82) is 0 Å². The van der Waals surface area contributed by atoms with Crippen LogP contribution < -0.4 is 21.4 Å². The van der Waals surface area contributed by atoms with Crippen LogP contribution in [-0.4, -0.2) is 70.6 Å². The second-order valence-corrected chi connectivity index (χ2v) is 15.1. The number of allylic oxidation sites excluding steroid dienone is 1. The van der Waals surface area contributed by atoms with Crippen LogP contribution >= 0.6 is 11.6 Å². The van der Waals surface area contributed by atoms with Crippen molar-refractivity contribution in [3.8, 4) is 0 Å². The molecule has 0 radical (unpaired) electrons. The van der Waals surface area contributed by atoms with Gasteiger partial charge in [-0.25, -0.2) is 0 Å². The Labute approximate surface area is 287 Å². The Bertz CT molecular complexity index is 1490. The van der Waals surface area contributed by atoms with E-state index in [0.29, 0.717) is 17.1 Å². The number of carbonyl (C=O) groups is 5. The molecule has 1 aromatic rings. The molecule has 4 amide bonds. The molecule has 48 heavy (non-hydrogen) atoms. The van der Waals surface area contributed by atoms with Gasteiger partial charge >= 0.3 is 0 Å². The van der Waals surface area contributed by atoms with Gasteiger partial charge in [-0.1, -0.05) is 69.8 Å². The molecule has 260 valence electrons. The van der Waals surface area contributed by atoms with Gasteiger partial charge in [0.25, 0.3) is 5.91 Å². The van der Waals surface area contributed by atoms with E-state index < -0.39 is 52.6 Å². The van der Waals surface area contributed by atoms with Crippen LogP contribution in [0.2, 0.25) is 5.02 Å². The minimum Gasteiger partial charge on any atom is -0.347 e.